The highest BCUT2D eigenvalue weighted by atomic mass is 16.5. The van der Waals surface area contributed by atoms with Crippen LogP contribution < -0.4 is 5.32 Å². The monoisotopic (exact) mass is 365 g/mol. The molecule has 8 nitrogen and oxygen atoms in total. The van der Waals surface area contributed by atoms with Gasteiger partial charge in [0.1, 0.15) is 5.76 Å². The molecule has 0 aliphatic carbocycles. The molecule has 1 saturated heterocycles. The molecule has 1 aliphatic heterocycles. The highest BCUT2D eigenvalue weighted by Crippen LogP contribution is 2.33. The number of rotatable bonds is 6. The van der Waals surface area contributed by atoms with Crippen LogP contribution in [0.15, 0.2) is 29.3 Å². The minimum absolute atomic E-state index is 0.594. The normalized spacial score (nSPS) is 14.6. The summed E-state index contributed by atoms with van der Waals surface area (Å²) in [5, 5.41) is 7.41. The van der Waals surface area contributed by atoms with Crippen molar-refractivity contribution in [3.05, 3.63) is 36.2 Å². The van der Waals surface area contributed by atoms with Gasteiger partial charge in [0.15, 0.2) is 0 Å². The van der Waals surface area contributed by atoms with Crippen LogP contribution in [0.5, 0.6) is 0 Å². The molecule has 0 unspecified atom stereocenters. The van der Waals surface area contributed by atoms with Gasteiger partial charge in [-0.2, -0.15) is 0 Å². The summed E-state index contributed by atoms with van der Waals surface area (Å²) in [5.74, 6) is 1.32. The Bertz CT molecular complexity index is 884. The fourth-order valence-electron chi connectivity index (χ4n) is 3.44. The Morgan fingerprint density at radius 1 is 1.11 bits per heavy atom. The standard InChI is InChI=1S/C19H23N7O/c1-13-17(14(2)27-25-13)18-15(16-12-20-5-6-21-16)11-23-19(24-18)22-7-10-26-8-3-4-9-26/h5-6,11-12H,3-4,7-10H2,1-2H3,(H,22,23,24). The van der Waals surface area contributed by atoms with Crippen molar-refractivity contribution in [3.8, 4) is 22.5 Å². The van der Waals surface area contributed by atoms with Crippen molar-refractivity contribution in [2.45, 2.75) is 26.7 Å². The summed E-state index contributed by atoms with van der Waals surface area (Å²) in [6.07, 6.45) is 9.39. The predicted octanol–water partition coefficient (Wildman–Crippen LogP) is 2.71. The molecular formula is C19H23N7O. The van der Waals surface area contributed by atoms with Crippen LogP contribution in [-0.4, -0.2) is 56.2 Å². The van der Waals surface area contributed by atoms with Gasteiger partial charge >= 0.3 is 0 Å². The van der Waals surface area contributed by atoms with E-state index in [0.717, 1.165) is 47.1 Å². The first-order valence-corrected chi connectivity index (χ1v) is 9.25. The van der Waals surface area contributed by atoms with E-state index in [1.54, 1.807) is 24.8 Å². The molecule has 8 heteroatoms. The Kier molecular flexibility index (Phi) is 5.06. The average molecular weight is 365 g/mol. The predicted molar refractivity (Wildman–Crippen MR) is 102 cm³/mol. The number of nitrogens with one attached hydrogen (secondary N) is 1. The summed E-state index contributed by atoms with van der Waals surface area (Å²) in [4.78, 5) is 20.3. The van der Waals surface area contributed by atoms with E-state index in [1.165, 1.54) is 25.9 Å². The molecule has 4 heterocycles. The van der Waals surface area contributed by atoms with E-state index in [1.807, 2.05) is 13.8 Å². The Balaban J connectivity index is 1.64. The summed E-state index contributed by atoms with van der Waals surface area (Å²) >= 11 is 0. The lowest BCUT2D eigenvalue weighted by Gasteiger charge is -2.15. The highest BCUT2D eigenvalue weighted by molar-refractivity contribution is 5.80. The molecule has 0 bridgehead atoms. The van der Waals surface area contributed by atoms with Crippen molar-refractivity contribution >= 4 is 5.95 Å². The van der Waals surface area contributed by atoms with Crippen molar-refractivity contribution in [3.63, 3.8) is 0 Å². The number of hydrogen-bond donors (Lipinski definition) is 1. The topological polar surface area (TPSA) is 92.9 Å². The summed E-state index contributed by atoms with van der Waals surface area (Å²) in [6.45, 7) is 7.96. The number of hydrogen-bond acceptors (Lipinski definition) is 8. The van der Waals surface area contributed by atoms with E-state index in [4.69, 9.17) is 9.51 Å². The van der Waals surface area contributed by atoms with Crippen LogP contribution >= 0.6 is 0 Å². The minimum atomic E-state index is 0.594. The molecule has 0 spiro atoms. The van der Waals surface area contributed by atoms with Crippen LogP contribution in [0.1, 0.15) is 24.3 Å². The minimum Gasteiger partial charge on any atom is -0.361 e. The van der Waals surface area contributed by atoms with Gasteiger partial charge in [0.05, 0.1) is 28.8 Å². The Morgan fingerprint density at radius 3 is 2.67 bits per heavy atom. The van der Waals surface area contributed by atoms with Crippen LogP contribution in [0.4, 0.5) is 5.95 Å². The molecule has 0 amide bonds. The van der Waals surface area contributed by atoms with Crippen LogP contribution in [0.25, 0.3) is 22.5 Å². The van der Waals surface area contributed by atoms with Crippen molar-refractivity contribution in [1.29, 1.82) is 0 Å². The molecule has 1 N–H and O–H groups in total. The van der Waals surface area contributed by atoms with Crippen molar-refractivity contribution < 1.29 is 4.52 Å². The Hall–Kier alpha value is -2.87. The maximum atomic E-state index is 5.36. The van der Waals surface area contributed by atoms with E-state index in [-0.39, 0.29) is 0 Å². The number of likely N-dealkylation sites (tertiary alicyclic amines) is 1. The fraction of sp³-hybridized carbons (Fsp3) is 0.421. The van der Waals surface area contributed by atoms with Gasteiger partial charge < -0.3 is 14.7 Å². The van der Waals surface area contributed by atoms with Crippen LogP contribution in [0.3, 0.4) is 0 Å². The molecule has 3 aromatic rings. The smallest absolute Gasteiger partial charge is 0.223 e. The van der Waals surface area contributed by atoms with Crippen molar-refractivity contribution in [2.24, 2.45) is 0 Å². The second kappa shape index (κ2) is 7.79. The highest BCUT2D eigenvalue weighted by Gasteiger charge is 2.20. The zero-order valence-electron chi connectivity index (χ0n) is 15.6. The maximum Gasteiger partial charge on any atom is 0.223 e. The van der Waals surface area contributed by atoms with Crippen LogP contribution in [-0.2, 0) is 0 Å². The van der Waals surface area contributed by atoms with E-state index < -0.39 is 0 Å². The van der Waals surface area contributed by atoms with Crippen LogP contribution in [0.2, 0.25) is 0 Å². The Morgan fingerprint density at radius 2 is 1.96 bits per heavy atom. The molecule has 0 saturated carbocycles. The lowest BCUT2D eigenvalue weighted by molar-refractivity contribution is 0.352. The molecule has 140 valence electrons. The van der Waals surface area contributed by atoms with E-state index in [0.29, 0.717) is 5.95 Å². The lowest BCUT2D eigenvalue weighted by Crippen LogP contribution is -2.26. The van der Waals surface area contributed by atoms with Gasteiger partial charge in [0.2, 0.25) is 5.95 Å². The quantitative estimate of drug-likeness (QED) is 0.713. The third kappa shape index (κ3) is 3.80. The fourth-order valence-corrected chi connectivity index (χ4v) is 3.44. The zero-order valence-corrected chi connectivity index (χ0v) is 15.6. The summed E-state index contributed by atoms with van der Waals surface area (Å²) in [5.41, 5.74) is 3.95. The second-order valence-electron chi connectivity index (χ2n) is 6.72. The molecule has 0 radical (unpaired) electrons. The first-order chi connectivity index (χ1) is 13.2. The number of anilines is 1. The third-order valence-corrected chi connectivity index (χ3v) is 4.81. The van der Waals surface area contributed by atoms with Gasteiger partial charge in [-0.25, -0.2) is 9.97 Å². The molecule has 27 heavy (non-hydrogen) atoms. The van der Waals surface area contributed by atoms with Crippen molar-refractivity contribution in [2.75, 3.05) is 31.5 Å². The maximum absolute atomic E-state index is 5.36. The van der Waals surface area contributed by atoms with Crippen molar-refractivity contribution in [1.82, 2.24) is 30.0 Å². The van der Waals surface area contributed by atoms with E-state index >= 15 is 0 Å². The molecule has 1 fully saturated rings. The molecule has 0 atom stereocenters. The van der Waals surface area contributed by atoms with Gasteiger partial charge in [-0.3, -0.25) is 9.97 Å². The molecule has 1 aliphatic rings. The van der Waals surface area contributed by atoms with Crippen LogP contribution in [0, 0.1) is 13.8 Å². The SMILES string of the molecule is Cc1noc(C)c1-c1nc(NCCN2CCCC2)ncc1-c1cnccn1. The van der Waals surface area contributed by atoms with Gasteiger partial charge in [0, 0.05) is 37.2 Å². The summed E-state index contributed by atoms with van der Waals surface area (Å²) in [6, 6.07) is 0. The van der Waals surface area contributed by atoms with Gasteiger partial charge in [-0.15, -0.1) is 0 Å². The largest absolute Gasteiger partial charge is 0.361 e. The number of aromatic nitrogens is 5. The van der Waals surface area contributed by atoms with Gasteiger partial charge in [-0.1, -0.05) is 5.16 Å². The number of aryl methyl sites for hydroxylation is 2. The van der Waals surface area contributed by atoms with Gasteiger partial charge in [-0.05, 0) is 39.8 Å². The molecule has 4 rings (SSSR count). The third-order valence-electron chi connectivity index (χ3n) is 4.81. The summed E-state index contributed by atoms with van der Waals surface area (Å²) < 4.78 is 5.36. The number of nitrogens with zero attached hydrogens (tertiary/aromatic N) is 6. The zero-order chi connectivity index (χ0) is 18.6. The molecular weight excluding hydrogens is 342 g/mol. The first kappa shape index (κ1) is 17.5. The lowest BCUT2D eigenvalue weighted by atomic mass is 10.0. The second-order valence-corrected chi connectivity index (χ2v) is 6.72. The average Bonchev–Trinajstić information content (AvgIpc) is 3.32. The molecule has 0 aromatic carbocycles. The van der Waals surface area contributed by atoms with Gasteiger partial charge in [0.25, 0.3) is 0 Å². The Labute approximate surface area is 158 Å². The molecule has 3 aromatic heterocycles. The van der Waals surface area contributed by atoms with E-state index in [9.17, 15) is 0 Å². The summed E-state index contributed by atoms with van der Waals surface area (Å²) in [7, 11) is 0. The first-order valence-electron chi connectivity index (χ1n) is 9.25. The van der Waals surface area contributed by atoms with E-state index in [2.05, 4.69) is 30.3 Å².